The zero-order valence-electron chi connectivity index (χ0n) is 14.1. The van der Waals surface area contributed by atoms with E-state index in [-0.39, 0.29) is 10.8 Å². The lowest BCUT2D eigenvalue weighted by molar-refractivity contribution is 0.590. The fraction of sp³-hybridized carbons (Fsp3) is 0.400. The zero-order chi connectivity index (χ0) is 16.5. The maximum absolute atomic E-state index is 2.39. The minimum Gasteiger partial charge on any atom is -0.105 e. The van der Waals surface area contributed by atoms with Crippen molar-refractivity contribution in [2.45, 2.75) is 52.4 Å². The molecular weight excluding hydrogens is 282 g/mol. The summed E-state index contributed by atoms with van der Waals surface area (Å²) in [7, 11) is -0.0983. The number of hydrogen-bond donors (Lipinski definition) is 0. The van der Waals surface area contributed by atoms with Crippen LogP contribution in [0.25, 0.3) is 0 Å². The van der Waals surface area contributed by atoms with E-state index in [2.05, 4.69) is 90.1 Å². The fourth-order valence-corrected chi connectivity index (χ4v) is 3.27. The molecule has 0 aliphatic heterocycles. The Labute approximate surface area is 138 Å². The van der Waals surface area contributed by atoms with E-state index in [4.69, 9.17) is 0 Å². The van der Waals surface area contributed by atoms with Crippen LogP contribution in [-0.2, 0) is 10.8 Å². The molecule has 0 aliphatic carbocycles. The van der Waals surface area contributed by atoms with Crippen LogP contribution in [0.3, 0.4) is 0 Å². The molecule has 0 N–H and O–H groups in total. The average molecular weight is 312 g/mol. The summed E-state index contributed by atoms with van der Waals surface area (Å²) >= 11 is 0. The van der Waals surface area contributed by atoms with E-state index in [0.29, 0.717) is 7.57 Å². The molecule has 0 bridgehead atoms. The van der Waals surface area contributed by atoms with Crippen LogP contribution in [0.5, 0.6) is 0 Å². The Morgan fingerprint density at radius 3 is 1.09 bits per heavy atom. The molecule has 22 heavy (non-hydrogen) atoms. The summed E-state index contributed by atoms with van der Waals surface area (Å²) in [4.78, 5) is 0. The summed E-state index contributed by atoms with van der Waals surface area (Å²) in [6.07, 6.45) is 0. The van der Waals surface area contributed by atoms with E-state index < -0.39 is 7.80 Å². The highest BCUT2D eigenvalue weighted by molar-refractivity contribution is 7.94. The summed E-state index contributed by atoms with van der Waals surface area (Å²) in [6, 6.07) is 18.9. The second-order valence-electron chi connectivity index (χ2n) is 7.78. The molecule has 0 saturated heterocycles. The van der Waals surface area contributed by atoms with Crippen molar-refractivity contribution in [3.8, 4) is 0 Å². The molecule has 0 amide bonds. The second kappa shape index (κ2) is 6.21. The SMILES string of the molecule is [BH3-][PH+](c1ccc(C(C)(C)C)cc1)c1ccc(C(C)(C)C)cc1. The lowest BCUT2D eigenvalue weighted by Crippen LogP contribution is -2.16. The molecule has 0 aromatic heterocycles. The third-order valence-corrected chi connectivity index (χ3v) is 5.03. The Hall–Kier alpha value is -1.07. The van der Waals surface area contributed by atoms with Gasteiger partial charge in [-0.2, -0.15) is 0 Å². The van der Waals surface area contributed by atoms with Gasteiger partial charge in [-0.3, -0.25) is 0 Å². The zero-order valence-corrected chi connectivity index (χ0v) is 15.1. The molecule has 118 valence electrons. The molecule has 2 heteroatoms. The van der Waals surface area contributed by atoms with Crippen molar-refractivity contribution in [1.29, 1.82) is 0 Å². The first kappa shape index (κ1) is 17.3. The molecule has 2 rings (SSSR count). The average Bonchev–Trinajstić information content (AvgIpc) is 2.45. The third-order valence-electron chi connectivity index (χ3n) is 3.79. The van der Waals surface area contributed by atoms with Gasteiger partial charge in [0.05, 0.1) is 10.6 Å². The molecule has 0 spiro atoms. The van der Waals surface area contributed by atoms with Crippen molar-refractivity contribution in [1.82, 2.24) is 0 Å². The molecule has 0 aliphatic rings. The Morgan fingerprint density at radius 2 is 0.864 bits per heavy atom. The van der Waals surface area contributed by atoms with Gasteiger partial charge in [0.2, 0.25) is 0 Å². The normalized spacial score (nSPS) is 12.7. The Balaban J connectivity index is 2.23. The molecule has 0 unspecified atom stereocenters. The lowest BCUT2D eigenvalue weighted by Gasteiger charge is -2.21. The van der Waals surface area contributed by atoms with Crippen molar-refractivity contribution in [2.75, 3.05) is 0 Å². The minimum absolute atomic E-state index is 0.250. The van der Waals surface area contributed by atoms with Crippen LogP contribution in [0.4, 0.5) is 0 Å². The van der Waals surface area contributed by atoms with Gasteiger partial charge in [-0.05, 0) is 46.2 Å². The van der Waals surface area contributed by atoms with Crippen LogP contribution in [0.2, 0.25) is 0 Å². The van der Waals surface area contributed by atoms with Crippen LogP contribution in [0, 0.1) is 0 Å². The van der Waals surface area contributed by atoms with Crippen molar-refractivity contribution in [3.05, 3.63) is 59.7 Å². The van der Waals surface area contributed by atoms with Crippen LogP contribution in [0.15, 0.2) is 48.5 Å². The third kappa shape index (κ3) is 4.02. The van der Waals surface area contributed by atoms with Gasteiger partial charge in [0.15, 0.2) is 0 Å². The molecule has 0 atom stereocenters. The number of rotatable bonds is 2. The van der Waals surface area contributed by atoms with Crippen molar-refractivity contribution >= 4 is 26.0 Å². The fourth-order valence-electron chi connectivity index (χ4n) is 2.27. The number of benzene rings is 2. The first-order chi connectivity index (χ1) is 10.1. The van der Waals surface area contributed by atoms with Crippen molar-refractivity contribution in [2.24, 2.45) is 0 Å². The molecule has 0 saturated carbocycles. The van der Waals surface area contributed by atoms with E-state index in [1.54, 1.807) is 10.6 Å². The van der Waals surface area contributed by atoms with Gasteiger partial charge < -0.3 is 0 Å². The van der Waals surface area contributed by atoms with E-state index in [1.807, 2.05) is 0 Å². The standard InChI is InChI=1S/C20H30BP/c1-19(2,3)15-7-11-17(12-8-15)22(21)18-13-9-16(10-14-18)20(4,5)6/h7-14,22H,1-6,21H3. The maximum Gasteiger partial charge on any atom is 0.135 e. The smallest absolute Gasteiger partial charge is 0.105 e. The molecule has 2 aromatic carbocycles. The summed E-state index contributed by atoms with van der Waals surface area (Å²) in [5, 5.41) is 3.20. The summed E-state index contributed by atoms with van der Waals surface area (Å²) in [6.45, 7) is 13.7. The van der Waals surface area contributed by atoms with Gasteiger partial charge in [0.25, 0.3) is 0 Å². The van der Waals surface area contributed by atoms with Crippen LogP contribution in [-0.4, -0.2) is 7.57 Å². The van der Waals surface area contributed by atoms with Gasteiger partial charge in [-0.25, -0.2) is 0 Å². The van der Waals surface area contributed by atoms with Crippen LogP contribution < -0.4 is 10.6 Å². The maximum atomic E-state index is 2.39. The second-order valence-corrected chi connectivity index (χ2v) is 9.18. The van der Waals surface area contributed by atoms with Gasteiger partial charge in [0, 0.05) is 0 Å². The van der Waals surface area contributed by atoms with Gasteiger partial charge in [-0.1, -0.05) is 65.8 Å². The monoisotopic (exact) mass is 312 g/mol. The Bertz CT molecular complexity index is 555. The predicted octanol–water partition coefficient (Wildman–Crippen LogP) is 3.73. The van der Waals surface area contributed by atoms with Crippen molar-refractivity contribution in [3.63, 3.8) is 0 Å². The summed E-state index contributed by atoms with van der Waals surface area (Å²) < 4.78 is 0. The number of hydrogen-bond acceptors (Lipinski definition) is 0. The van der Waals surface area contributed by atoms with Gasteiger partial charge in [0.1, 0.15) is 7.57 Å². The molecule has 0 heterocycles. The highest BCUT2D eigenvalue weighted by atomic mass is 31.1. The lowest BCUT2D eigenvalue weighted by atomic mass is 9.87. The Morgan fingerprint density at radius 1 is 0.591 bits per heavy atom. The van der Waals surface area contributed by atoms with Gasteiger partial charge in [-0.15, -0.1) is 7.80 Å². The molecule has 0 radical (unpaired) electrons. The van der Waals surface area contributed by atoms with E-state index >= 15 is 0 Å². The Kier molecular flexibility index (Phi) is 4.88. The largest absolute Gasteiger partial charge is 0.135 e. The van der Waals surface area contributed by atoms with E-state index in [0.717, 1.165) is 0 Å². The minimum atomic E-state index is -0.418. The van der Waals surface area contributed by atoms with Crippen LogP contribution in [0.1, 0.15) is 52.7 Å². The first-order valence-corrected chi connectivity index (χ1v) is 8.64. The molecular formula is C20H30BP. The molecule has 0 nitrogen and oxygen atoms in total. The van der Waals surface area contributed by atoms with Gasteiger partial charge >= 0.3 is 0 Å². The molecule has 2 aromatic rings. The molecule has 0 fully saturated rings. The summed E-state index contributed by atoms with van der Waals surface area (Å²) in [5.41, 5.74) is 3.38. The van der Waals surface area contributed by atoms with Crippen molar-refractivity contribution < 1.29 is 0 Å². The summed E-state index contributed by atoms with van der Waals surface area (Å²) in [5.74, 6) is 0. The highest BCUT2D eigenvalue weighted by Gasteiger charge is 2.17. The van der Waals surface area contributed by atoms with E-state index in [1.165, 1.54) is 11.1 Å². The predicted molar refractivity (Wildman–Crippen MR) is 108 cm³/mol. The first-order valence-electron chi connectivity index (χ1n) is 7.64. The quantitative estimate of drug-likeness (QED) is 0.585. The topological polar surface area (TPSA) is 0 Å². The van der Waals surface area contributed by atoms with E-state index in [9.17, 15) is 0 Å². The highest BCUT2D eigenvalue weighted by Crippen LogP contribution is 2.30. The van der Waals surface area contributed by atoms with Crippen LogP contribution >= 0.6 is 7.80 Å².